The third kappa shape index (κ3) is 9.87. The Morgan fingerprint density at radius 2 is 1.56 bits per heavy atom. The highest BCUT2D eigenvalue weighted by molar-refractivity contribution is 5.95. The summed E-state index contributed by atoms with van der Waals surface area (Å²) in [6.07, 6.45) is 0.0175. The lowest BCUT2D eigenvalue weighted by Crippen LogP contribution is -2.50. The standard InChI is InChI=1S/C25H26N6O8/c32-20(26-12-18(22(34)35)30-25(37)39-14-17-9-5-2-6-10-17)13-27-21(33)19-15-38-24(29-19)31-23(36)28-11-16-7-3-1-4-8-16/h1-10,15,18H,11-14H2,(H,26,32)(H,27,33)(H,30,37)(H,34,35)(H2,28,29,31,36)/t18-/m0/s1. The monoisotopic (exact) mass is 538 g/mol. The van der Waals surface area contributed by atoms with Crippen molar-refractivity contribution < 1.29 is 38.2 Å². The molecule has 0 aliphatic rings. The summed E-state index contributed by atoms with van der Waals surface area (Å²) in [5.74, 6) is -2.90. The lowest BCUT2D eigenvalue weighted by Gasteiger charge is -2.15. The van der Waals surface area contributed by atoms with Gasteiger partial charge in [-0.1, -0.05) is 60.7 Å². The average Bonchev–Trinajstić information content (AvgIpc) is 3.41. The minimum atomic E-state index is -1.47. The third-order valence-electron chi connectivity index (χ3n) is 4.97. The molecule has 6 N–H and O–H groups in total. The Balaban J connectivity index is 1.36. The predicted octanol–water partition coefficient (Wildman–Crippen LogP) is 1.22. The van der Waals surface area contributed by atoms with Gasteiger partial charge < -0.3 is 35.5 Å². The van der Waals surface area contributed by atoms with Crippen molar-refractivity contribution in [3.63, 3.8) is 0 Å². The first kappa shape index (κ1) is 28.2. The van der Waals surface area contributed by atoms with E-state index in [0.717, 1.165) is 11.8 Å². The fraction of sp³-hybridized carbons (Fsp3) is 0.200. The Morgan fingerprint density at radius 3 is 2.23 bits per heavy atom. The first-order valence-electron chi connectivity index (χ1n) is 11.6. The number of urea groups is 1. The molecule has 3 rings (SSSR count). The number of carbonyl (C=O) groups excluding carboxylic acids is 4. The van der Waals surface area contributed by atoms with E-state index in [0.29, 0.717) is 5.56 Å². The van der Waals surface area contributed by atoms with Gasteiger partial charge in [-0.2, -0.15) is 4.98 Å². The number of nitrogens with one attached hydrogen (secondary N) is 5. The zero-order chi connectivity index (χ0) is 28.0. The number of nitrogens with zero attached hydrogens (tertiary/aromatic N) is 1. The van der Waals surface area contributed by atoms with Gasteiger partial charge in [0.05, 0.1) is 6.54 Å². The molecular weight excluding hydrogens is 512 g/mol. The summed E-state index contributed by atoms with van der Waals surface area (Å²) in [4.78, 5) is 63.4. The van der Waals surface area contributed by atoms with Crippen molar-refractivity contribution in [3.8, 4) is 0 Å². The number of anilines is 1. The van der Waals surface area contributed by atoms with Crippen molar-refractivity contribution in [1.82, 2.24) is 26.3 Å². The SMILES string of the molecule is O=C(CNC(=O)c1coc(NC(=O)NCc2ccccc2)n1)NC[C@H](NC(=O)OCc1ccccc1)C(=O)O. The Labute approximate surface area is 222 Å². The number of alkyl carbamates (subject to hydrolysis) is 1. The van der Waals surface area contributed by atoms with Crippen LogP contribution in [-0.2, 0) is 27.5 Å². The number of rotatable bonds is 12. The first-order chi connectivity index (χ1) is 18.8. The number of carboxylic acid groups (broad SMARTS) is 1. The van der Waals surface area contributed by atoms with Gasteiger partial charge in [0.2, 0.25) is 5.91 Å². The summed E-state index contributed by atoms with van der Waals surface area (Å²) < 4.78 is 10.0. The van der Waals surface area contributed by atoms with Crippen LogP contribution in [0.5, 0.6) is 0 Å². The van der Waals surface area contributed by atoms with Gasteiger partial charge in [-0.25, -0.2) is 14.4 Å². The van der Waals surface area contributed by atoms with Crippen molar-refractivity contribution >= 4 is 35.9 Å². The summed E-state index contributed by atoms with van der Waals surface area (Å²) in [5, 5.41) is 21.0. The van der Waals surface area contributed by atoms with E-state index in [1.54, 1.807) is 30.3 Å². The van der Waals surface area contributed by atoms with Crippen LogP contribution in [0.4, 0.5) is 15.6 Å². The normalized spacial score (nSPS) is 11.0. The van der Waals surface area contributed by atoms with Crippen LogP contribution < -0.4 is 26.6 Å². The second kappa shape index (κ2) is 14.4. The molecule has 2 aromatic carbocycles. The van der Waals surface area contributed by atoms with Gasteiger partial charge in [-0.05, 0) is 11.1 Å². The summed E-state index contributed by atoms with van der Waals surface area (Å²) in [6.45, 7) is -0.768. The Bertz CT molecular complexity index is 1280. The molecular formula is C25H26N6O8. The minimum absolute atomic E-state index is 0.0605. The number of aromatic nitrogens is 1. The van der Waals surface area contributed by atoms with Gasteiger partial charge >= 0.3 is 24.1 Å². The lowest BCUT2D eigenvalue weighted by atomic mass is 10.2. The Kier molecular flexibility index (Phi) is 10.4. The Morgan fingerprint density at radius 1 is 0.897 bits per heavy atom. The summed E-state index contributed by atoms with van der Waals surface area (Å²) in [7, 11) is 0. The predicted molar refractivity (Wildman–Crippen MR) is 135 cm³/mol. The molecule has 3 aromatic rings. The molecule has 0 saturated heterocycles. The molecule has 0 unspecified atom stereocenters. The van der Waals surface area contributed by atoms with Gasteiger partial charge in [0, 0.05) is 13.1 Å². The molecule has 5 amide bonds. The molecule has 1 atom stereocenters. The topological polar surface area (TPSA) is 201 Å². The fourth-order valence-corrected chi connectivity index (χ4v) is 2.99. The van der Waals surface area contributed by atoms with Gasteiger partial charge in [0.25, 0.3) is 5.91 Å². The van der Waals surface area contributed by atoms with Crippen LogP contribution >= 0.6 is 0 Å². The molecule has 14 nitrogen and oxygen atoms in total. The number of carbonyl (C=O) groups is 5. The zero-order valence-corrected chi connectivity index (χ0v) is 20.5. The second-order valence-electron chi connectivity index (χ2n) is 7.91. The van der Waals surface area contributed by atoms with Crippen LogP contribution in [0.25, 0.3) is 0 Å². The number of benzene rings is 2. The lowest BCUT2D eigenvalue weighted by molar-refractivity contribution is -0.139. The maximum Gasteiger partial charge on any atom is 0.408 e. The third-order valence-corrected chi connectivity index (χ3v) is 4.97. The largest absolute Gasteiger partial charge is 0.480 e. The van der Waals surface area contributed by atoms with E-state index in [1.807, 2.05) is 30.3 Å². The molecule has 0 spiro atoms. The number of aliphatic carboxylic acids is 1. The number of amides is 5. The second-order valence-corrected chi connectivity index (χ2v) is 7.91. The molecule has 14 heteroatoms. The van der Waals surface area contributed by atoms with Crippen LogP contribution in [0.3, 0.4) is 0 Å². The van der Waals surface area contributed by atoms with E-state index >= 15 is 0 Å². The molecule has 0 radical (unpaired) electrons. The number of carboxylic acids is 1. The molecule has 0 aliphatic heterocycles. The van der Waals surface area contributed by atoms with E-state index in [1.165, 1.54) is 0 Å². The smallest absolute Gasteiger partial charge is 0.408 e. The van der Waals surface area contributed by atoms with Crippen molar-refractivity contribution in [2.45, 2.75) is 19.2 Å². The Hall–Kier alpha value is -5.40. The number of oxazole rings is 1. The fourth-order valence-electron chi connectivity index (χ4n) is 2.99. The van der Waals surface area contributed by atoms with Crippen LogP contribution in [0.15, 0.2) is 71.3 Å². The van der Waals surface area contributed by atoms with Gasteiger partial charge in [-0.15, -0.1) is 0 Å². The van der Waals surface area contributed by atoms with Gasteiger partial charge in [0.15, 0.2) is 5.69 Å². The van der Waals surface area contributed by atoms with Gasteiger partial charge in [-0.3, -0.25) is 14.9 Å². The molecule has 204 valence electrons. The van der Waals surface area contributed by atoms with Crippen LogP contribution in [0, 0.1) is 0 Å². The summed E-state index contributed by atoms with van der Waals surface area (Å²) >= 11 is 0. The van der Waals surface area contributed by atoms with E-state index in [4.69, 9.17) is 9.15 Å². The number of hydrogen-bond acceptors (Lipinski definition) is 8. The molecule has 39 heavy (non-hydrogen) atoms. The van der Waals surface area contributed by atoms with Gasteiger partial charge in [0.1, 0.15) is 18.9 Å². The minimum Gasteiger partial charge on any atom is -0.480 e. The first-order valence-corrected chi connectivity index (χ1v) is 11.6. The molecule has 1 aromatic heterocycles. The van der Waals surface area contributed by atoms with Crippen LogP contribution in [0.1, 0.15) is 21.6 Å². The zero-order valence-electron chi connectivity index (χ0n) is 20.5. The summed E-state index contributed by atoms with van der Waals surface area (Å²) in [6, 6.07) is 15.7. The maximum absolute atomic E-state index is 12.2. The quantitative estimate of drug-likeness (QED) is 0.196. The summed E-state index contributed by atoms with van der Waals surface area (Å²) in [5.41, 5.74) is 1.39. The molecule has 0 fully saturated rings. The highest BCUT2D eigenvalue weighted by Crippen LogP contribution is 2.07. The number of hydrogen-bond donors (Lipinski definition) is 6. The molecule has 0 bridgehead atoms. The highest BCUT2D eigenvalue weighted by atomic mass is 16.5. The van der Waals surface area contributed by atoms with Crippen molar-refractivity contribution in [1.29, 1.82) is 0 Å². The molecule has 0 saturated carbocycles. The maximum atomic E-state index is 12.2. The van der Waals surface area contributed by atoms with Crippen molar-refractivity contribution in [3.05, 3.63) is 83.7 Å². The van der Waals surface area contributed by atoms with Crippen molar-refractivity contribution in [2.75, 3.05) is 18.4 Å². The van der Waals surface area contributed by atoms with E-state index in [9.17, 15) is 29.1 Å². The van der Waals surface area contributed by atoms with E-state index < -0.39 is 49.0 Å². The van der Waals surface area contributed by atoms with Crippen molar-refractivity contribution in [2.24, 2.45) is 0 Å². The molecule has 1 heterocycles. The molecule has 0 aliphatic carbocycles. The van der Waals surface area contributed by atoms with E-state index in [2.05, 4.69) is 31.6 Å². The van der Waals surface area contributed by atoms with E-state index in [-0.39, 0.29) is 24.9 Å². The van der Waals surface area contributed by atoms with Crippen LogP contribution in [-0.4, -0.2) is 59.1 Å². The van der Waals surface area contributed by atoms with Crippen LogP contribution in [0.2, 0.25) is 0 Å². The average molecular weight is 539 g/mol. The highest BCUT2D eigenvalue weighted by Gasteiger charge is 2.22. The number of ether oxygens (including phenoxy) is 1.